The lowest BCUT2D eigenvalue weighted by Gasteiger charge is -2.09. The molecule has 1 amide bonds. The molecule has 2 aromatic rings. The third kappa shape index (κ3) is 3.31. The van der Waals surface area contributed by atoms with Crippen molar-refractivity contribution in [2.75, 3.05) is 13.2 Å². The van der Waals surface area contributed by atoms with Crippen LogP contribution in [0.2, 0.25) is 0 Å². The van der Waals surface area contributed by atoms with Crippen molar-refractivity contribution in [3.05, 3.63) is 40.8 Å². The first kappa shape index (κ1) is 14.4. The van der Waals surface area contributed by atoms with Crippen LogP contribution in [0, 0.1) is 6.20 Å². The van der Waals surface area contributed by atoms with E-state index in [2.05, 4.69) is 32.1 Å². The van der Waals surface area contributed by atoms with Crippen molar-refractivity contribution in [3.63, 3.8) is 0 Å². The number of hydrogen-bond acceptors (Lipinski definition) is 5. The highest BCUT2D eigenvalue weighted by molar-refractivity contribution is 9.10. The second kappa shape index (κ2) is 6.44. The first-order chi connectivity index (χ1) is 9.61. The van der Waals surface area contributed by atoms with Crippen molar-refractivity contribution in [1.82, 2.24) is 9.97 Å². The van der Waals surface area contributed by atoms with E-state index in [-0.39, 0.29) is 24.9 Å². The Kier molecular flexibility index (Phi) is 4.65. The van der Waals surface area contributed by atoms with Gasteiger partial charge in [-0.1, -0.05) is 28.1 Å². The number of nitrogens with zero attached hydrogens (tertiary/aromatic N) is 2. The SMILES string of the molecule is NC(=O)c1n[c]c(-c2ccc(Br)cc2)c(OCCO)n1. The summed E-state index contributed by atoms with van der Waals surface area (Å²) in [6, 6.07) is 7.35. The van der Waals surface area contributed by atoms with Gasteiger partial charge in [0.1, 0.15) is 12.8 Å². The fourth-order valence-electron chi connectivity index (χ4n) is 1.50. The van der Waals surface area contributed by atoms with Crippen LogP contribution < -0.4 is 10.5 Å². The number of halogens is 1. The van der Waals surface area contributed by atoms with Crippen molar-refractivity contribution in [2.24, 2.45) is 5.73 Å². The van der Waals surface area contributed by atoms with E-state index in [9.17, 15) is 4.79 Å². The minimum atomic E-state index is -0.766. The molecule has 103 valence electrons. The summed E-state index contributed by atoms with van der Waals surface area (Å²) in [4.78, 5) is 18.8. The second-order valence-electron chi connectivity index (χ2n) is 3.78. The molecule has 6 nitrogen and oxygen atoms in total. The average Bonchev–Trinajstić information content (AvgIpc) is 2.45. The highest BCUT2D eigenvalue weighted by Gasteiger charge is 2.14. The van der Waals surface area contributed by atoms with Crippen LogP contribution in [-0.2, 0) is 0 Å². The average molecular weight is 337 g/mol. The van der Waals surface area contributed by atoms with E-state index >= 15 is 0 Å². The van der Waals surface area contributed by atoms with E-state index in [4.69, 9.17) is 15.6 Å². The number of aromatic nitrogens is 2. The molecule has 1 radical (unpaired) electrons. The zero-order valence-electron chi connectivity index (χ0n) is 10.3. The molecule has 0 aliphatic heterocycles. The van der Waals surface area contributed by atoms with Gasteiger partial charge in [0.25, 0.3) is 5.91 Å². The fraction of sp³-hybridized carbons (Fsp3) is 0.154. The van der Waals surface area contributed by atoms with Gasteiger partial charge in [0, 0.05) is 4.47 Å². The third-order valence-electron chi connectivity index (χ3n) is 2.38. The molecule has 7 heteroatoms. The molecule has 20 heavy (non-hydrogen) atoms. The van der Waals surface area contributed by atoms with Gasteiger partial charge in [-0.25, -0.2) is 4.98 Å². The number of benzene rings is 1. The lowest BCUT2D eigenvalue weighted by Crippen LogP contribution is -2.16. The first-order valence-corrected chi connectivity index (χ1v) is 6.50. The van der Waals surface area contributed by atoms with E-state index in [1.807, 2.05) is 24.3 Å². The molecule has 2 rings (SSSR count). The Morgan fingerprint density at radius 3 is 2.70 bits per heavy atom. The summed E-state index contributed by atoms with van der Waals surface area (Å²) >= 11 is 3.34. The number of hydrogen-bond donors (Lipinski definition) is 2. The van der Waals surface area contributed by atoms with Gasteiger partial charge < -0.3 is 15.6 Å². The van der Waals surface area contributed by atoms with E-state index in [1.54, 1.807) is 0 Å². The molecular weight excluding hydrogens is 326 g/mol. The largest absolute Gasteiger partial charge is 0.475 e. The number of carbonyl (C=O) groups is 1. The molecule has 0 saturated heterocycles. The maximum absolute atomic E-state index is 11.1. The van der Waals surface area contributed by atoms with Crippen LogP contribution in [0.1, 0.15) is 10.6 Å². The molecule has 0 fully saturated rings. The molecule has 0 spiro atoms. The highest BCUT2D eigenvalue weighted by Crippen LogP contribution is 2.28. The van der Waals surface area contributed by atoms with Gasteiger partial charge in [0.2, 0.25) is 11.7 Å². The van der Waals surface area contributed by atoms with Crippen molar-refractivity contribution in [1.29, 1.82) is 0 Å². The lowest BCUT2D eigenvalue weighted by atomic mass is 10.1. The Morgan fingerprint density at radius 1 is 1.40 bits per heavy atom. The Hall–Kier alpha value is -1.99. The number of primary amides is 1. The summed E-state index contributed by atoms with van der Waals surface area (Å²) < 4.78 is 6.23. The molecule has 3 N–H and O–H groups in total. The van der Waals surface area contributed by atoms with Crippen molar-refractivity contribution in [2.45, 2.75) is 0 Å². The summed E-state index contributed by atoms with van der Waals surface area (Å²) in [5.74, 6) is -0.790. The molecular formula is C13H11BrN3O3. The van der Waals surface area contributed by atoms with Gasteiger partial charge in [0.05, 0.1) is 12.2 Å². The summed E-state index contributed by atoms with van der Waals surface area (Å²) in [6.45, 7) is -0.123. The summed E-state index contributed by atoms with van der Waals surface area (Å²) in [5, 5.41) is 8.83. The van der Waals surface area contributed by atoms with Gasteiger partial charge in [-0.15, -0.1) is 0 Å². The third-order valence-corrected chi connectivity index (χ3v) is 2.91. The minimum absolute atomic E-state index is 0.0482. The Morgan fingerprint density at radius 2 is 2.10 bits per heavy atom. The molecule has 0 atom stereocenters. The maximum atomic E-state index is 11.1. The Labute approximate surface area is 123 Å². The maximum Gasteiger partial charge on any atom is 0.286 e. The van der Waals surface area contributed by atoms with Crippen LogP contribution in [0.25, 0.3) is 11.1 Å². The first-order valence-electron chi connectivity index (χ1n) is 5.71. The van der Waals surface area contributed by atoms with Crippen LogP contribution >= 0.6 is 15.9 Å². The molecule has 0 aliphatic rings. The van der Waals surface area contributed by atoms with Crippen LogP contribution in [0.4, 0.5) is 0 Å². The van der Waals surface area contributed by atoms with Gasteiger partial charge in [-0.2, -0.15) is 4.98 Å². The van der Waals surface area contributed by atoms with Gasteiger partial charge in [-0.3, -0.25) is 4.79 Å². The van der Waals surface area contributed by atoms with E-state index in [0.717, 1.165) is 10.0 Å². The molecule has 1 aromatic heterocycles. The zero-order valence-corrected chi connectivity index (χ0v) is 11.9. The molecule has 1 heterocycles. The lowest BCUT2D eigenvalue weighted by molar-refractivity contribution is 0.0988. The minimum Gasteiger partial charge on any atom is -0.475 e. The Balaban J connectivity index is 2.45. The smallest absolute Gasteiger partial charge is 0.286 e. The van der Waals surface area contributed by atoms with Gasteiger partial charge in [0.15, 0.2) is 0 Å². The predicted octanol–water partition coefficient (Wildman–Crippen LogP) is 1.18. The molecule has 0 saturated carbocycles. The highest BCUT2D eigenvalue weighted by atomic mass is 79.9. The normalized spacial score (nSPS) is 10.3. The summed E-state index contributed by atoms with van der Waals surface area (Å²) in [6.07, 6.45) is 2.70. The topological polar surface area (TPSA) is 98.3 Å². The standard InChI is InChI=1S/C13H11BrN3O3/c14-9-3-1-8(2-4-9)10-7-16-12(11(15)19)17-13(10)20-6-5-18/h1-4,18H,5-6H2,(H2,15,19). The summed E-state index contributed by atoms with van der Waals surface area (Å²) in [5.41, 5.74) is 6.40. The van der Waals surface area contributed by atoms with E-state index in [0.29, 0.717) is 5.56 Å². The van der Waals surface area contributed by atoms with E-state index in [1.165, 1.54) is 0 Å². The molecule has 0 bridgehead atoms. The number of ether oxygens (including phenoxy) is 1. The van der Waals surface area contributed by atoms with Crippen LogP contribution in [0.5, 0.6) is 5.88 Å². The summed E-state index contributed by atoms with van der Waals surface area (Å²) in [7, 11) is 0. The van der Waals surface area contributed by atoms with Crippen LogP contribution in [0.15, 0.2) is 28.7 Å². The van der Waals surface area contributed by atoms with Gasteiger partial charge >= 0.3 is 0 Å². The number of aliphatic hydroxyl groups excluding tert-OH is 1. The second-order valence-corrected chi connectivity index (χ2v) is 4.70. The zero-order chi connectivity index (χ0) is 14.5. The van der Waals surface area contributed by atoms with Crippen LogP contribution in [0.3, 0.4) is 0 Å². The number of rotatable bonds is 5. The quantitative estimate of drug-likeness (QED) is 0.854. The van der Waals surface area contributed by atoms with Crippen molar-refractivity contribution < 1.29 is 14.6 Å². The molecule has 0 unspecified atom stereocenters. The van der Waals surface area contributed by atoms with Crippen molar-refractivity contribution >= 4 is 21.8 Å². The molecule has 1 aromatic carbocycles. The predicted molar refractivity (Wildman–Crippen MR) is 75.1 cm³/mol. The number of nitrogens with two attached hydrogens (primary N) is 1. The molecule has 0 aliphatic carbocycles. The number of amides is 1. The van der Waals surface area contributed by atoms with Crippen LogP contribution in [-0.4, -0.2) is 34.2 Å². The van der Waals surface area contributed by atoms with E-state index < -0.39 is 5.91 Å². The van der Waals surface area contributed by atoms with Crippen molar-refractivity contribution in [3.8, 4) is 17.0 Å². The fourth-order valence-corrected chi connectivity index (χ4v) is 1.76. The monoisotopic (exact) mass is 336 g/mol. The number of aliphatic hydroxyl groups is 1. The number of carbonyl (C=O) groups excluding carboxylic acids is 1. The Bertz CT molecular complexity index is 617. The van der Waals surface area contributed by atoms with Gasteiger partial charge in [-0.05, 0) is 17.7 Å².